The van der Waals surface area contributed by atoms with E-state index in [0.29, 0.717) is 18.2 Å². The molecule has 1 saturated carbocycles. The van der Waals surface area contributed by atoms with E-state index in [2.05, 4.69) is 15.1 Å². The van der Waals surface area contributed by atoms with Gasteiger partial charge in [0.2, 0.25) is 5.91 Å². The van der Waals surface area contributed by atoms with Crippen LogP contribution in [0.2, 0.25) is 0 Å². The van der Waals surface area contributed by atoms with E-state index in [1.54, 1.807) is 18.2 Å². The number of halogens is 1. The number of nitrogens with one attached hydrogen (secondary N) is 1. The Bertz CT molecular complexity index is 618. The zero-order valence-corrected chi connectivity index (χ0v) is 15.9. The third-order valence-electron chi connectivity index (χ3n) is 5.25. The number of benzene rings is 1. The molecule has 1 aromatic carbocycles. The number of β-amino-alcohol motifs (C(OH)–C–C–N with tert-alkyl or cyclic N) is 1. The highest BCUT2D eigenvalue weighted by Crippen LogP contribution is 2.19. The molecule has 3 rings (SSSR count). The molecule has 2 aliphatic rings. The molecule has 0 spiro atoms. The topological polar surface area (TPSA) is 65.0 Å². The Morgan fingerprint density at radius 3 is 2.67 bits per heavy atom. The van der Waals surface area contributed by atoms with Crippen molar-refractivity contribution in [2.45, 2.75) is 44.6 Å². The smallest absolute Gasteiger partial charge is 0.237 e. The minimum atomic E-state index is -0.612. The van der Waals surface area contributed by atoms with Crippen LogP contribution < -0.4 is 5.32 Å². The number of piperazine rings is 1. The maximum absolute atomic E-state index is 13.5. The van der Waals surface area contributed by atoms with Gasteiger partial charge in [0.05, 0.1) is 25.4 Å². The summed E-state index contributed by atoms with van der Waals surface area (Å²) in [5, 5.41) is 13.2. The van der Waals surface area contributed by atoms with Gasteiger partial charge in [0, 0.05) is 44.3 Å². The first-order chi connectivity index (χ1) is 13.0. The molecule has 1 heterocycles. The van der Waals surface area contributed by atoms with Crippen molar-refractivity contribution in [3.8, 4) is 0 Å². The molecule has 1 amide bonds. The zero-order chi connectivity index (χ0) is 19.2. The number of hydrogen-bond donors (Lipinski definition) is 2. The summed E-state index contributed by atoms with van der Waals surface area (Å²) >= 11 is 0. The van der Waals surface area contributed by atoms with Gasteiger partial charge >= 0.3 is 0 Å². The number of amides is 1. The average Bonchev–Trinajstić information content (AvgIpc) is 3.47. The first kappa shape index (κ1) is 20.2. The molecule has 150 valence electrons. The Balaban J connectivity index is 1.32. The van der Waals surface area contributed by atoms with Crippen molar-refractivity contribution >= 4 is 5.91 Å². The van der Waals surface area contributed by atoms with Gasteiger partial charge in [-0.3, -0.25) is 14.6 Å². The van der Waals surface area contributed by atoms with Crippen LogP contribution >= 0.6 is 0 Å². The summed E-state index contributed by atoms with van der Waals surface area (Å²) in [5.41, 5.74) is 0.497. The van der Waals surface area contributed by atoms with Crippen LogP contribution in [0.4, 0.5) is 4.39 Å². The predicted molar refractivity (Wildman–Crippen MR) is 101 cm³/mol. The summed E-state index contributed by atoms with van der Waals surface area (Å²) < 4.78 is 19.0. The van der Waals surface area contributed by atoms with E-state index in [-0.39, 0.29) is 31.0 Å². The average molecular weight is 379 g/mol. The van der Waals surface area contributed by atoms with Gasteiger partial charge in [-0.25, -0.2) is 4.39 Å². The van der Waals surface area contributed by atoms with E-state index in [9.17, 15) is 14.3 Å². The van der Waals surface area contributed by atoms with Crippen LogP contribution in [0.1, 0.15) is 25.3 Å². The van der Waals surface area contributed by atoms with E-state index in [1.165, 1.54) is 6.07 Å². The van der Waals surface area contributed by atoms with Gasteiger partial charge in [0.15, 0.2) is 0 Å². The monoisotopic (exact) mass is 379 g/mol. The molecule has 1 aromatic rings. The van der Waals surface area contributed by atoms with Gasteiger partial charge in [-0.05, 0) is 25.8 Å². The Hall–Kier alpha value is -1.54. The van der Waals surface area contributed by atoms with Gasteiger partial charge in [0.1, 0.15) is 5.82 Å². The van der Waals surface area contributed by atoms with Crippen molar-refractivity contribution in [1.29, 1.82) is 0 Å². The van der Waals surface area contributed by atoms with Crippen molar-refractivity contribution in [1.82, 2.24) is 15.1 Å². The van der Waals surface area contributed by atoms with Crippen LogP contribution in [-0.4, -0.2) is 78.3 Å². The highest BCUT2D eigenvalue weighted by molar-refractivity contribution is 5.81. The van der Waals surface area contributed by atoms with Gasteiger partial charge in [-0.2, -0.15) is 0 Å². The third-order valence-corrected chi connectivity index (χ3v) is 5.25. The molecule has 1 aliphatic heterocycles. The molecule has 2 N–H and O–H groups in total. The molecule has 7 heteroatoms. The largest absolute Gasteiger partial charge is 0.389 e. The number of aliphatic hydroxyl groups is 1. The second-order valence-electron chi connectivity index (χ2n) is 7.56. The number of aliphatic hydroxyl groups excluding tert-OH is 1. The summed E-state index contributed by atoms with van der Waals surface area (Å²) in [6, 6.07) is 6.78. The predicted octanol–water partition coefficient (Wildman–Crippen LogP) is 0.988. The molecular weight excluding hydrogens is 349 g/mol. The van der Waals surface area contributed by atoms with Crippen LogP contribution in [0.5, 0.6) is 0 Å². The Morgan fingerprint density at radius 2 is 2.00 bits per heavy atom. The van der Waals surface area contributed by atoms with E-state index in [0.717, 1.165) is 39.0 Å². The molecule has 6 nitrogen and oxygen atoms in total. The van der Waals surface area contributed by atoms with E-state index < -0.39 is 6.10 Å². The lowest BCUT2D eigenvalue weighted by Crippen LogP contribution is -2.55. The number of nitrogens with zero attached hydrogens (tertiary/aromatic N) is 2. The Kier molecular flexibility index (Phi) is 7.18. The van der Waals surface area contributed by atoms with E-state index >= 15 is 0 Å². The maximum atomic E-state index is 13.5. The highest BCUT2D eigenvalue weighted by atomic mass is 19.1. The quantitative estimate of drug-likeness (QED) is 0.670. The molecule has 2 fully saturated rings. The number of carbonyl (C=O) groups is 1. The maximum Gasteiger partial charge on any atom is 0.237 e. The Labute approximate surface area is 160 Å². The van der Waals surface area contributed by atoms with Crippen LogP contribution in [0.3, 0.4) is 0 Å². The molecule has 1 saturated heterocycles. The van der Waals surface area contributed by atoms with Crippen molar-refractivity contribution in [3.63, 3.8) is 0 Å². The summed E-state index contributed by atoms with van der Waals surface area (Å²) in [7, 11) is 0. The third kappa shape index (κ3) is 6.24. The number of hydrogen-bond acceptors (Lipinski definition) is 5. The summed E-state index contributed by atoms with van der Waals surface area (Å²) in [4.78, 5) is 16.5. The fourth-order valence-electron chi connectivity index (χ4n) is 3.32. The molecule has 2 unspecified atom stereocenters. The van der Waals surface area contributed by atoms with Gasteiger partial charge < -0.3 is 15.2 Å². The lowest BCUT2D eigenvalue weighted by Gasteiger charge is -2.38. The molecule has 1 aliphatic carbocycles. The zero-order valence-electron chi connectivity index (χ0n) is 15.9. The van der Waals surface area contributed by atoms with Gasteiger partial charge in [-0.1, -0.05) is 18.2 Å². The minimum Gasteiger partial charge on any atom is -0.389 e. The summed E-state index contributed by atoms with van der Waals surface area (Å²) in [6.45, 7) is 6.05. The van der Waals surface area contributed by atoms with Gasteiger partial charge in [-0.15, -0.1) is 0 Å². The summed E-state index contributed by atoms with van der Waals surface area (Å²) in [5.74, 6) is -0.171. The molecule has 0 aromatic heterocycles. The van der Waals surface area contributed by atoms with Crippen molar-refractivity contribution in [2.24, 2.45) is 0 Å². The first-order valence-electron chi connectivity index (χ1n) is 9.79. The summed E-state index contributed by atoms with van der Waals surface area (Å²) in [6.07, 6.45) is 1.59. The standard InChI is InChI=1S/C20H30FN3O3/c1-15(20(26)22-17-6-7-17)24-10-8-23(9-11-24)12-18(25)14-27-13-16-4-2-3-5-19(16)21/h2-5,15,17-18,25H,6-14H2,1H3,(H,22,26). The number of carbonyl (C=O) groups excluding carboxylic acids is 1. The van der Waals surface area contributed by atoms with E-state index in [4.69, 9.17) is 4.74 Å². The Morgan fingerprint density at radius 1 is 1.30 bits per heavy atom. The second-order valence-corrected chi connectivity index (χ2v) is 7.56. The van der Waals surface area contributed by atoms with Crippen molar-refractivity contribution in [3.05, 3.63) is 35.6 Å². The van der Waals surface area contributed by atoms with Crippen LogP contribution in [0.25, 0.3) is 0 Å². The molecule has 0 bridgehead atoms. The minimum absolute atomic E-state index is 0.109. The SMILES string of the molecule is CC(C(=O)NC1CC1)N1CCN(CC(O)COCc2ccccc2F)CC1. The normalized spacial score (nSPS) is 21.0. The number of rotatable bonds is 9. The van der Waals surface area contributed by atoms with Crippen LogP contribution in [0, 0.1) is 5.82 Å². The highest BCUT2D eigenvalue weighted by Gasteiger charge is 2.30. The van der Waals surface area contributed by atoms with Gasteiger partial charge in [0.25, 0.3) is 0 Å². The lowest BCUT2D eigenvalue weighted by atomic mass is 10.2. The lowest BCUT2D eigenvalue weighted by molar-refractivity contribution is -0.126. The molecule has 27 heavy (non-hydrogen) atoms. The fourth-order valence-corrected chi connectivity index (χ4v) is 3.32. The molecule has 0 radical (unpaired) electrons. The van der Waals surface area contributed by atoms with Crippen LogP contribution in [-0.2, 0) is 16.1 Å². The first-order valence-corrected chi connectivity index (χ1v) is 9.79. The molecular formula is C20H30FN3O3. The number of ether oxygens (including phenoxy) is 1. The van der Waals surface area contributed by atoms with E-state index in [1.807, 2.05) is 6.92 Å². The van der Waals surface area contributed by atoms with Crippen LogP contribution in [0.15, 0.2) is 24.3 Å². The second kappa shape index (κ2) is 9.59. The fraction of sp³-hybridized carbons (Fsp3) is 0.650. The van der Waals surface area contributed by atoms with Crippen molar-refractivity contribution < 1.29 is 19.0 Å². The van der Waals surface area contributed by atoms with Crippen molar-refractivity contribution in [2.75, 3.05) is 39.3 Å². The molecule has 2 atom stereocenters.